The monoisotopic (exact) mass is 342 g/mol. The Labute approximate surface area is 143 Å². The summed E-state index contributed by atoms with van der Waals surface area (Å²) >= 11 is 5.88. The molecule has 2 aliphatic rings. The van der Waals surface area contributed by atoms with Gasteiger partial charge in [0.05, 0.1) is 18.0 Å². The molecule has 5 nitrogen and oxygen atoms in total. The van der Waals surface area contributed by atoms with Crippen molar-refractivity contribution >= 4 is 23.4 Å². The first kappa shape index (κ1) is 15.1. The van der Waals surface area contributed by atoms with Crippen LogP contribution in [0.2, 0.25) is 5.02 Å². The topological polar surface area (TPSA) is 63.4 Å². The fourth-order valence-electron chi connectivity index (χ4n) is 3.29. The van der Waals surface area contributed by atoms with E-state index in [4.69, 9.17) is 16.0 Å². The van der Waals surface area contributed by atoms with Crippen LogP contribution in [-0.2, 0) is 16.1 Å². The summed E-state index contributed by atoms with van der Waals surface area (Å²) in [5.41, 5.74) is 0.843. The highest BCUT2D eigenvalue weighted by Crippen LogP contribution is 2.36. The highest BCUT2D eigenvalue weighted by molar-refractivity contribution is 6.30. The van der Waals surface area contributed by atoms with Gasteiger partial charge in [0.15, 0.2) is 5.76 Å². The maximum atomic E-state index is 12.5. The lowest BCUT2D eigenvalue weighted by molar-refractivity contribution is -0.140. The van der Waals surface area contributed by atoms with E-state index in [1.165, 1.54) is 4.90 Å². The molecule has 1 aromatic carbocycles. The third-order valence-corrected chi connectivity index (χ3v) is 4.83. The van der Waals surface area contributed by atoms with Gasteiger partial charge in [-0.3, -0.25) is 14.5 Å². The summed E-state index contributed by atoms with van der Waals surface area (Å²) in [7, 11) is 0. The van der Waals surface area contributed by atoms with Crippen molar-refractivity contribution in [2.24, 2.45) is 11.8 Å². The van der Waals surface area contributed by atoms with Crippen LogP contribution >= 0.6 is 11.6 Å². The molecule has 0 saturated carbocycles. The molecule has 2 aromatic rings. The number of benzene rings is 1. The van der Waals surface area contributed by atoms with Gasteiger partial charge in [-0.1, -0.05) is 23.8 Å². The molecule has 2 amide bonds. The summed E-state index contributed by atoms with van der Waals surface area (Å²) in [4.78, 5) is 30.4. The van der Waals surface area contributed by atoms with Crippen LogP contribution in [0.5, 0.6) is 0 Å². The average molecular weight is 343 g/mol. The van der Waals surface area contributed by atoms with E-state index in [-0.39, 0.29) is 30.2 Å². The largest absolute Gasteiger partial charge is 0.439 e. The van der Waals surface area contributed by atoms with Gasteiger partial charge in [0, 0.05) is 10.6 Å². The number of imide groups is 1. The quantitative estimate of drug-likeness (QED) is 0.633. The van der Waals surface area contributed by atoms with E-state index in [0.717, 1.165) is 5.56 Å². The number of fused-ring (bicyclic) bond motifs is 1. The zero-order chi connectivity index (χ0) is 16.7. The Hall–Kier alpha value is -2.40. The molecule has 2 heterocycles. The number of halogens is 1. The number of nitrogens with zero attached hydrogens (tertiary/aromatic N) is 2. The molecule has 1 aliphatic heterocycles. The summed E-state index contributed by atoms with van der Waals surface area (Å²) in [6, 6.07) is 7.20. The van der Waals surface area contributed by atoms with Gasteiger partial charge in [0.2, 0.25) is 17.7 Å². The second-order valence-corrected chi connectivity index (χ2v) is 6.48. The van der Waals surface area contributed by atoms with Crippen molar-refractivity contribution in [2.75, 3.05) is 0 Å². The Kier molecular flexibility index (Phi) is 3.73. The van der Waals surface area contributed by atoms with Crippen molar-refractivity contribution in [3.8, 4) is 11.3 Å². The van der Waals surface area contributed by atoms with Crippen LogP contribution < -0.4 is 0 Å². The van der Waals surface area contributed by atoms with Crippen LogP contribution in [0.1, 0.15) is 18.7 Å². The molecule has 1 aromatic heterocycles. The number of hydrogen-bond donors (Lipinski definition) is 0. The van der Waals surface area contributed by atoms with E-state index >= 15 is 0 Å². The van der Waals surface area contributed by atoms with Crippen LogP contribution in [0.3, 0.4) is 0 Å². The predicted octanol–water partition coefficient (Wildman–Crippen LogP) is 3.45. The molecule has 0 bridgehead atoms. The Morgan fingerprint density at radius 3 is 2.33 bits per heavy atom. The maximum absolute atomic E-state index is 12.5. The van der Waals surface area contributed by atoms with Crippen molar-refractivity contribution in [3.05, 3.63) is 53.5 Å². The summed E-state index contributed by atoms with van der Waals surface area (Å²) in [6.07, 6.45) is 6.80. The van der Waals surface area contributed by atoms with E-state index in [2.05, 4.69) is 4.98 Å². The van der Waals surface area contributed by atoms with Crippen molar-refractivity contribution in [1.29, 1.82) is 0 Å². The number of rotatable bonds is 3. The first-order chi connectivity index (χ1) is 11.6. The molecular weight excluding hydrogens is 328 g/mol. The number of aromatic nitrogens is 1. The number of amides is 2. The van der Waals surface area contributed by atoms with E-state index in [1.54, 1.807) is 18.3 Å². The van der Waals surface area contributed by atoms with Crippen molar-refractivity contribution < 1.29 is 14.0 Å². The van der Waals surface area contributed by atoms with Gasteiger partial charge < -0.3 is 4.42 Å². The first-order valence-electron chi connectivity index (χ1n) is 7.84. The smallest absolute Gasteiger partial charge is 0.233 e. The predicted molar refractivity (Wildman–Crippen MR) is 87.9 cm³/mol. The lowest BCUT2D eigenvalue weighted by Crippen LogP contribution is -2.30. The van der Waals surface area contributed by atoms with Crippen LogP contribution in [-0.4, -0.2) is 21.7 Å². The molecule has 4 rings (SSSR count). The van der Waals surface area contributed by atoms with Gasteiger partial charge in [-0.25, -0.2) is 4.98 Å². The van der Waals surface area contributed by atoms with Crippen LogP contribution in [0.4, 0.5) is 0 Å². The zero-order valence-electron chi connectivity index (χ0n) is 12.8. The highest BCUT2D eigenvalue weighted by Gasteiger charge is 2.47. The summed E-state index contributed by atoms with van der Waals surface area (Å²) in [5, 5.41) is 0.642. The Balaban J connectivity index is 1.53. The van der Waals surface area contributed by atoms with E-state index in [0.29, 0.717) is 29.5 Å². The third-order valence-electron chi connectivity index (χ3n) is 4.57. The average Bonchev–Trinajstić information content (AvgIpc) is 3.16. The summed E-state index contributed by atoms with van der Waals surface area (Å²) < 4.78 is 5.71. The SMILES string of the molecule is O=C1C2CC=CCC2C(=O)N1Cc1ncc(-c2ccc(Cl)cc2)o1. The molecule has 122 valence electrons. The van der Waals surface area contributed by atoms with Crippen molar-refractivity contribution in [1.82, 2.24) is 9.88 Å². The first-order valence-corrected chi connectivity index (χ1v) is 8.22. The van der Waals surface area contributed by atoms with Crippen LogP contribution in [0.25, 0.3) is 11.3 Å². The Morgan fingerprint density at radius 2 is 1.71 bits per heavy atom. The van der Waals surface area contributed by atoms with E-state index in [9.17, 15) is 9.59 Å². The minimum absolute atomic E-state index is 0.0816. The molecule has 0 N–H and O–H groups in total. The normalized spacial score (nSPS) is 23.0. The highest BCUT2D eigenvalue weighted by atomic mass is 35.5. The summed E-state index contributed by atoms with van der Waals surface area (Å²) in [6.45, 7) is 0.0816. The van der Waals surface area contributed by atoms with Gasteiger partial charge in [0.25, 0.3) is 0 Å². The van der Waals surface area contributed by atoms with Gasteiger partial charge >= 0.3 is 0 Å². The van der Waals surface area contributed by atoms with Gasteiger partial charge in [-0.15, -0.1) is 0 Å². The second kappa shape index (κ2) is 5.91. The number of likely N-dealkylation sites (tertiary alicyclic amines) is 1. The number of allylic oxidation sites excluding steroid dienone is 2. The van der Waals surface area contributed by atoms with Crippen LogP contribution in [0, 0.1) is 11.8 Å². The third kappa shape index (κ3) is 2.55. The number of carbonyl (C=O) groups excluding carboxylic acids is 2. The molecule has 0 spiro atoms. The molecule has 24 heavy (non-hydrogen) atoms. The fourth-order valence-corrected chi connectivity index (χ4v) is 3.42. The molecule has 2 atom stereocenters. The number of hydrogen-bond acceptors (Lipinski definition) is 4. The lowest BCUT2D eigenvalue weighted by Gasteiger charge is -2.14. The van der Waals surface area contributed by atoms with E-state index in [1.807, 2.05) is 24.3 Å². The van der Waals surface area contributed by atoms with Gasteiger partial charge in [0.1, 0.15) is 6.54 Å². The Morgan fingerprint density at radius 1 is 1.08 bits per heavy atom. The minimum Gasteiger partial charge on any atom is -0.439 e. The fraction of sp³-hybridized carbons (Fsp3) is 0.278. The molecule has 6 heteroatoms. The molecule has 1 saturated heterocycles. The second-order valence-electron chi connectivity index (χ2n) is 6.04. The molecule has 0 radical (unpaired) electrons. The minimum atomic E-state index is -0.229. The molecule has 2 unspecified atom stereocenters. The number of oxazole rings is 1. The van der Waals surface area contributed by atoms with Crippen LogP contribution in [0.15, 0.2) is 47.0 Å². The molecular formula is C18H15ClN2O3. The molecule has 1 fully saturated rings. The van der Waals surface area contributed by atoms with Crippen molar-refractivity contribution in [2.45, 2.75) is 19.4 Å². The van der Waals surface area contributed by atoms with Gasteiger partial charge in [-0.05, 0) is 37.1 Å². The molecule has 1 aliphatic carbocycles. The summed E-state index contributed by atoms with van der Waals surface area (Å²) in [5.74, 6) is 0.232. The number of carbonyl (C=O) groups is 2. The van der Waals surface area contributed by atoms with E-state index < -0.39 is 0 Å². The maximum Gasteiger partial charge on any atom is 0.233 e. The van der Waals surface area contributed by atoms with Crippen molar-refractivity contribution in [3.63, 3.8) is 0 Å². The Bertz CT molecular complexity index is 799. The zero-order valence-corrected chi connectivity index (χ0v) is 13.6. The van der Waals surface area contributed by atoms with Gasteiger partial charge in [-0.2, -0.15) is 0 Å². The lowest BCUT2D eigenvalue weighted by atomic mass is 9.85. The standard InChI is InChI=1S/C18H15ClN2O3/c19-12-7-5-11(6-8-12)15-9-20-16(24-15)10-21-17(22)13-3-1-2-4-14(13)18(21)23/h1-2,5-9,13-14H,3-4,10H2.